The van der Waals surface area contributed by atoms with Gasteiger partial charge in [-0.05, 0) is 49.7 Å². The summed E-state index contributed by atoms with van der Waals surface area (Å²) in [6, 6.07) is 8.44. The number of thioether (sulfide) groups is 2. The molecule has 0 bridgehead atoms. The van der Waals surface area contributed by atoms with E-state index < -0.39 is 0 Å². The second-order valence-electron chi connectivity index (χ2n) is 15.4. The number of unbranched alkanes of at least 4 members (excludes halogenated alkanes) is 20. The van der Waals surface area contributed by atoms with Crippen LogP contribution in [0.4, 0.5) is 0 Å². The topological polar surface area (TPSA) is 66.0 Å². The van der Waals surface area contributed by atoms with Crippen molar-refractivity contribution in [2.75, 3.05) is 13.2 Å². The fourth-order valence-corrected chi connectivity index (χ4v) is 9.78. The zero-order valence-corrected chi connectivity index (χ0v) is 35.7. The Morgan fingerprint density at radius 1 is 0.481 bits per heavy atom. The van der Waals surface area contributed by atoms with Gasteiger partial charge in [-0.25, -0.2) is 0 Å². The highest BCUT2D eigenvalue weighted by Crippen LogP contribution is 2.59. The lowest BCUT2D eigenvalue weighted by Gasteiger charge is -2.21. The third kappa shape index (κ3) is 20.1. The number of hydrogen-bond donors (Lipinski definition) is 0. The number of hydrogen-bond acceptors (Lipinski definition) is 6. The molecule has 0 unspecified atom stereocenters. The molecule has 0 N–H and O–H groups in total. The highest BCUT2D eigenvalue weighted by atomic mass is 32.2. The van der Waals surface area contributed by atoms with Crippen LogP contribution in [0.15, 0.2) is 31.7 Å². The Hall–Kier alpha value is -1.76. The fourth-order valence-electron chi connectivity index (χ4n) is 7.26. The van der Waals surface area contributed by atoms with Crippen molar-refractivity contribution >= 4 is 23.5 Å². The molecule has 1 aromatic carbocycles. The molecule has 294 valence electrons. The molecular weight excluding hydrogens is 677 g/mol. The van der Waals surface area contributed by atoms with Crippen LogP contribution in [0.25, 0.3) is 0 Å². The first kappa shape index (κ1) is 46.4. The number of benzene rings is 1. The maximum absolute atomic E-state index is 9.74. The first-order valence-electron chi connectivity index (χ1n) is 21.9. The Morgan fingerprint density at radius 3 is 1.06 bits per heavy atom. The van der Waals surface area contributed by atoms with Crippen molar-refractivity contribution in [2.24, 2.45) is 11.8 Å². The van der Waals surface area contributed by atoms with Crippen LogP contribution in [0.3, 0.4) is 0 Å². The first-order valence-corrected chi connectivity index (χ1v) is 23.6. The molecule has 6 heteroatoms. The van der Waals surface area contributed by atoms with Gasteiger partial charge in [-0.1, -0.05) is 205 Å². The molecule has 0 saturated heterocycles. The largest absolute Gasteiger partial charge is 0.492 e. The van der Waals surface area contributed by atoms with Gasteiger partial charge in [-0.2, -0.15) is 10.5 Å². The van der Waals surface area contributed by atoms with Gasteiger partial charge in [-0.3, -0.25) is 0 Å². The van der Waals surface area contributed by atoms with E-state index in [9.17, 15) is 10.5 Å². The molecular formula is C46H76N2O2S2. The normalized spacial score (nSPS) is 12.3. The summed E-state index contributed by atoms with van der Waals surface area (Å²) in [6.45, 7) is 10.6. The van der Waals surface area contributed by atoms with Crippen LogP contribution >= 0.6 is 23.5 Å². The molecule has 1 heterocycles. The van der Waals surface area contributed by atoms with E-state index in [1.54, 1.807) is 0 Å². The number of nitrogens with zero attached hydrogens (tertiary/aromatic N) is 2. The first-order chi connectivity index (χ1) is 25.6. The van der Waals surface area contributed by atoms with Crippen LogP contribution in [-0.4, -0.2) is 13.2 Å². The van der Waals surface area contributed by atoms with Crippen LogP contribution < -0.4 is 9.47 Å². The number of rotatable bonds is 34. The van der Waals surface area contributed by atoms with E-state index >= 15 is 0 Å². The Morgan fingerprint density at radius 2 is 0.769 bits per heavy atom. The monoisotopic (exact) mass is 753 g/mol. The Balaban J connectivity index is 2.14. The standard InChI is InChI=1S/C46H76N2O2S2/c1-5-9-13-17-21-25-29-39(30-26-22-18-14-10-6-2)37-49-42-33-34-43(45-44(42)51-46(52-45)41(35-47)36-48)50-38-40(31-27-23-19-15-11-7-3)32-28-24-20-16-12-8-4/h33-34,39-40H,5-32,37-38H2,1-4H3. The molecule has 1 aromatic rings. The smallest absolute Gasteiger partial charge is 0.150 e. The van der Waals surface area contributed by atoms with E-state index in [0.717, 1.165) is 38.7 Å². The van der Waals surface area contributed by atoms with Crippen molar-refractivity contribution in [3.63, 3.8) is 0 Å². The summed E-state index contributed by atoms with van der Waals surface area (Å²) in [5.74, 6) is 2.85. The van der Waals surface area contributed by atoms with Gasteiger partial charge in [0.1, 0.15) is 29.2 Å². The highest BCUT2D eigenvalue weighted by Gasteiger charge is 2.29. The highest BCUT2D eigenvalue weighted by molar-refractivity contribution is 8.24. The molecule has 0 aliphatic carbocycles. The van der Waals surface area contributed by atoms with Gasteiger partial charge in [0, 0.05) is 0 Å². The van der Waals surface area contributed by atoms with Crippen molar-refractivity contribution in [2.45, 2.75) is 217 Å². The minimum atomic E-state index is 0.177. The third-order valence-electron chi connectivity index (χ3n) is 10.7. The third-order valence-corrected chi connectivity index (χ3v) is 13.3. The number of ether oxygens (including phenoxy) is 2. The Kier molecular flexibility index (Phi) is 28.2. The van der Waals surface area contributed by atoms with Crippen LogP contribution in [0.5, 0.6) is 11.5 Å². The van der Waals surface area contributed by atoms with Crippen molar-refractivity contribution in [1.29, 1.82) is 10.5 Å². The molecule has 2 rings (SSSR count). The Bertz CT molecular complexity index is 1050. The molecule has 52 heavy (non-hydrogen) atoms. The summed E-state index contributed by atoms with van der Waals surface area (Å²) >= 11 is 3.03. The molecule has 0 amide bonds. The molecule has 4 nitrogen and oxygen atoms in total. The lowest BCUT2D eigenvalue weighted by molar-refractivity contribution is 0.211. The predicted octanol–water partition coefficient (Wildman–Crippen LogP) is 16.1. The summed E-state index contributed by atoms with van der Waals surface area (Å²) in [5, 5.41) is 19.5. The van der Waals surface area contributed by atoms with Crippen LogP contribution in [0, 0.1) is 34.5 Å². The SMILES string of the molecule is CCCCCCCCC(CCCCCCCC)COc1ccc(OCC(CCCCCCCC)CCCCCCCC)c2c1SC(=C(C#N)C#N)S2. The molecule has 0 saturated carbocycles. The van der Waals surface area contributed by atoms with E-state index in [1.165, 1.54) is 203 Å². The van der Waals surface area contributed by atoms with Crippen LogP contribution in [0.2, 0.25) is 0 Å². The van der Waals surface area contributed by atoms with Crippen molar-refractivity contribution in [3.8, 4) is 23.6 Å². The van der Waals surface area contributed by atoms with E-state index in [4.69, 9.17) is 9.47 Å². The minimum absolute atomic E-state index is 0.177. The average molecular weight is 753 g/mol. The zero-order valence-electron chi connectivity index (χ0n) is 34.1. The zero-order chi connectivity index (χ0) is 37.5. The summed E-state index contributed by atoms with van der Waals surface area (Å²) in [4.78, 5) is 2.03. The molecule has 1 aliphatic heterocycles. The maximum Gasteiger partial charge on any atom is 0.150 e. The number of nitriles is 2. The van der Waals surface area contributed by atoms with Gasteiger partial charge < -0.3 is 9.47 Å². The second-order valence-corrected chi connectivity index (χ2v) is 17.7. The molecule has 0 atom stereocenters. The summed E-state index contributed by atoms with van der Waals surface area (Å²) in [7, 11) is 0. The van der Waals surface area contributed by atoms with E-state index in [2.05, 4.69) is 52.0 Å². The van der Waals surface area contributed by atoms with Gasteiger partial charge in [0.25, 0.3) is 0 Å². The van der Waals surface area contributed by atoms with Crippen molar-refractivity contribution in [1.82, 2.24) is 0 Å². The van der Waals surface area contributed by atoms with Gasteiger partial charge in [-0.15, -0.1) is 0 Å². The van der Waals surface area contributed by atoms with Crippen molar-refractivity contribution < 1.29 is 9.47 Å². The number of allylic oxidation sites excluding steroid dienone is 1. The maximum atomic E-state index is 9.74. The molecule has 0 radical (unpaired) electrons. The molecule has 0 fully saturated rings. The van der Waals surface area contributed by atoms with Gasteiger partial charge in [0.05, 0.1) is 27.2 Å². The molecule has 0 aromatic heterocycles. The predicted molar refractivity (Wildman–Crippen MR) is 226 cm³/mol. The average Bonchev–Trinajstić information content (AvgIpc) is 3.61. The molecule has 1 aliphatic rings. The fraction of sp³-hybridized carbons (Fsp3) is 0.783. The van der Waals surface area contributed by atoms with Gasteiger partial charge >= 0.3 is 0 Å². The lowest BCUT2D eigenvalue weighted by Crippen LogP contribution is -2.14. The van der Waals surface area contributed by atoms with Crippen molar-refractivity contribution in [3.05, 3.63) is 21.9 Å². The molecule has 0 spiro atoms. The number of fused-ring (bicyclic) bond motifs is 1. The Labute approximate surface area is 330 Å². The lowest BCUT2D eigenvalue weighted by atomic mass is 9.94. The van der Waals surface area contributed by atoms with E-state index in [1.807, 2.05) is 0 Å². The van der Waals surface area contributed by atoms with Crippen LogP contribution in [-0.2, 0) is 0 Å². The van der Waals surface area contributed by atoms with E-state index in [0.29, 0.717) is 11.8 Å². The quantitative estimate of drug-likeness (QED) is 0.0516. The summed E-state index contributed by atoms with van der Waals surface area (Å²) in [6.07, 6.45) is 36.6. The van der Waals surface area contributed by atoms with Gasteiger partial charge in [0.15, 0.2) is 0 Å². The summed E-state index contributed by atoms with van der Waals surface area (Å²) in [5.41, 5.74) is 0.177. The minimum Gasteiger partial charge on any atom is -0.492 e. The van der Waals surface area contributed by atoms with E-state index in [-0.39, 0.29) is 5.57 Å². The second kappa shape index (κ2) is 31.6. The van der Waals surface area contributed by atoms with Gasteiger partial charge in [0.2, 0.25) is 0 Å². The summed E-state index contributed by atoms with van der Waals surface area (Å²) < 4.78 is 14.1. The van der Waals surface area contributed by atoms with Crippen LogP contribution in [0.1, 0.15) is 207 Å².